The van der Waals surface area contributed by atoms with Crippen LogP contribution in [-0.4, -0.2) is 40.3 Å². The molecule has 2 rings (SSSR count). The molecule has 6 heteroatoms. The van der Waals surface area contributed by atoms with E-state index < -0.39 is 18.0 Å². The summed E-state index contributed by atoms with van der Waals surface area (Å²) in [6.07, 6.45) is -0.588. The van der Waals surface area contributed by atoms with Gasteiger partial charge in [0.05, 0.1) is 12.0 Å². The minimum Gasteiger partial charge on any atom is -0.481 e. The van der Waals surface area contributed by atoms with E-state index in [1.165, 1.54) is 0 Å². The molecular formula is C14H17ClFNO3. The summed E-state index contributed by atoms with van der Waals surface area (Å²) >= 11 is 6.01. The number of likely N-dealkylation sites (tertiary alicyclic amines) is 1. The van der Waals surface area contributed by atoms with Crippen LogP contribution in [0.2, 0.25) is 5.02 Å². The molecule has 2 atom stereocenters. The monoisotopic (exact) mass is 301 g/mol. The number of hydrogen-bond acceptors (Lipinski definition) is 3. The fraction of sp³-hybridized carbons (Fsp3) is 0.500. The maximum atomic E-state index is 14.1. The Balaban J connectivity index is 2.09. The second kappa shape index (κ2) is 6.08. The van der Waals surface area contributed by atoms with Crippen LogP contribution < -0.4 is 0 Å². The van der Waals surface area contributed by atoms with Gasteiger partial charge in [-0.15, -0.1) is 0 Å². The molecule has 0 aromatic heterocycles. The van der Waals surface area contributed by atoms with Crippen LogP contribution in [0.5, 0.6) is 0 Å². The highest BCUT2D eigenvalue weighted by molar-refractivity contribution is 6.31. The maximum Gasteiger partial charge on any atom is 0.309 e. The van der Waals surface area contributed by atoms with Crippen LogP contribution in [0, 0.1) is 18.7 Å². The highest BCUT2D eigenvalue weighted by Gasteiger charge is 2.33. The van der Waals surface area contributed by atoms with E-state index in [2.05, 4.69) is 0 Å². The van der Waals surface area contributed by atoms with Crippen LogP contribution in [0.25, 0.3) is 0 Å². The molecule has 1 saturated heterocycles. The largest absolute Gasteiger partial charge is 0.481 e. The number of carboxylic acids is 1. The highest BCUT2D eigenvalue weighted by Crippen LogP contribution is 2.26. The molecule has 2 N–H and O–H groups in total. The highest BCUT2D eigenvalue weighted by atomic mass is 35.5. The number of piperidine rings is 1. The summed E-state index contributed by atoms with van der Waals surface area (Å²) in [6, 6.07) is 3.27. The third kappa shape index (κ3) is 3.11. The minimum atomic E-state index is -0.989. The first-order valence-corrected chi connectivity index (χ1v) is 6.84. The van der Waals surface area contributed by atoms with E-state index in [-0.39, 0.29) is 18.9 Å². The lowest BCUT2D eigenvalue weighted by atomic mass is 9.93. The Labute approximate surface area is 121 Å². The molecule has 4 nitrogen and oxygen atoms in total. The Morgan fingerprint density at radius 2 is 2.25 bits per heavy atom. The van der Waals surface area contributed by atoms with E-state index in [1.54, 1.807) is 19.1 Å². The number of benzene rings is 1. The Kier molecular flexibility index (Phi) is 4.62. The number of aliphatic hydroxyl groups is 1. The second-order valence-electron chi connectivity index (χ2n) is 5.19. The van der Waals surface area contributed by atoms with Crippen molar-refractivity contribution in [3.8, 4) is 0 Å². The number of halogens is 2. The minimum absolute atomic E-state index is 0.209. The van der Waals surface area contributed by atoms with Gasteiger partial charge in [0.15, 0.2) is 0 Å². The lowest BCUT2D eigenvalue weighted by Gasteiger charge is -2.34. The van der Waals surface area contributed by atoms with Crippen molar-refractivity contribution < 1.29 is 19.4 Å². The van der Waals surface area contributed by atoms with Crippen molar-refractivity contribution in [2.75, 3.05) is 13.1 Å². The molecule has 1 aliphatic heterocycles. The topological polar surface area (TPSA) is 60.8 Å². The molecule has 1 aromatic carbocycles. The Bertz CT molecular complexity index is 523. The van der Waals surface area contributed by atoms with E-state index >= 15 is 0 Å². The average molecular weight is 302 g/mol. The van der Waals surface area contributed by atoms with Crippen molar-refractivity contribution in [3.63, 3.8) is 0 Å². The number of β-amino-alcohol motifs (C(OH)–C–C–N with tert-alkyl or cyclic N) is 1. The predicted molar refractivity (Wildman–Crippen MR) is 73.2 cm³/mol. The Morgan fingerprint density at radius 3 is 2.85 bits per heavy atom. The number of aliphatic carboxylic acids is 1. The standard InChI is InChI=1S/C14H17ClFNO3/c1-8-2-3-11(15)10(13(8)16)6-17-5-4-9(14(19)20)12(18)7-17/h2-3,9,12,18H,4-7H2,1H3,(H,19,20)/t9-,12+/m0/s1. The summed E-state index contributed by atoms with van der Waals surface area (Å²) in [6.45, 7) is 2.65. The van der Waals surface area contributed by atoms with Crippen molar-refractivity contribution >= 4 is 17.6 Å². The van der Waals surface area contributed by atoms with Crippen LogP contribution in [0.3, 0.4) is 0 Å². The first kappa shape index (κ1) is 15.2. The van der Waals surface area contributed by atoms with Gasteiger partial charge in [0, 0.05) is 23.7 Å². The van der Waals surface area contributed by atoms with Gasteiger partial charge in [-0.05, 0) is 31.5 Å². The van der Waals surface area contributed by atoms with E-state index in [1.807, 2.05) is 4.90 Å². The maximum absolute atomic E-state index is 14.1. The van der Waals surface area contributed by atoms with E-state index in [4.69, 9.17) is 16.7 Å². The average Bonchev–Trinajstić information content (AvgIpc) is 2.39. The first-order valence-electron chi connectivity index (χ1n) is 6.47. The lowest BCUT2D eigenvalue weighted by molar-refractivity contribution is -0.148. The molecule has 0 saturated carbocycles. The van der Waals surface area contributed by atoms with Crippen molar-refractivity contribution in [1.82, 2.24) is 4.90 Å². The summed E-state index contributed by atoms with van der Waals surface area (Å²) in [5, 5.41) is 19.1. The lowest BCUT2D eigenvalue weighted by Crippen LogP contribution is -2.46. The number of rotatable bonds is 3. The molecule has 0 bridgehead atoms. The summed E-state index contributed by atoms with van der Waals surface area (Å²) in [7, 11) is 0. The van der Waals surface area contributed by atoms with E-state index in [0.29, 0.717) is 29.1 Å². The third-order valence-corrected chi connectivity index (χ3v) is 4.10. The molecule has 0 spiro atoms. The molecule has 0 radical (unpaired) electrons. The van der Waals surface area contributed by atoms with Gasteiger partial charge in [0.2, 0.25) is 0 Å². The van der Waals surface area contributed by atoms with Crippen LogP contribution in [0.15, 0.2) is 12.1 Å². The fourth-order valence-corrected chi connectivity index (χ4v) is 2.72. The zero-order valence-corrected chi connectivity index (χ0v) is 11.9. The predicted octanol–water partition coefficient (Wildman–Crippen LogP) is 2.05. The number of hydrogen-bond donors (Lipinski definition) is 2. The molecule has 1 fully saturated rings. The number of aryl methyl sites for hydroxylation is 1. The molecule has 1 heterocycles. The van der Waals surface area contributed by atoms with Gasteiger partial charge in [0.1, 0.15) is 5.82 Å². The van der Waals surface area contributed by atoms with Gasteiger partial charge in [-0.1, -0.05) is 17.7 Å². The Hall–Kier alpha value is -1.17. The van der Waals surface area contributed by atoms with Crippen LogP contribution in [0.1, 0.15) is 17.5 Å². The third-order valence-electron chi connectivity index (χ3n) is 3.74. The van der Waals surface area contributed by atoms with Crippen molar-refractivity contribution in [3.05, 3.63) is 34.1 Å². The molecule has 110 valence electrons. The quantitative estimate of drug-likeness (QED) is 0.897. The summed E-state index contributed by atoms with van der Waals surface area (Å²) in [5.41, 5.74) is 0.915. The number of aliphatic hydroxyl groups excluding tert-OH is 1. The molecule has 0 amide bonds. The first-order chi connectivity index (χ1) is 9.40. The van der Waals surface area contributed by atoms with Gasteiger partial charge >= 0.3 is 5.97 Å². The van der Waals surface area contributed by atoms with Gasteiger partial charge in [-0.2, -0.15) is 0 Å². The summed E-state index contributed by atoms with van der Waals surface area (Å²) in [4.78, 5) is 12.8. The van der Waals surface area contributed by atoms with E-state index in [0.717, 1.165) is 0 Å². The Morgan fingerprint density at radius 1 is 1.55 bits per heavy atom. The zero-order chi connectivity index (χ0) is 14.9. The SMILES string of the molecule is Cc1ccc(Cl)c(CN2CC[C@H](C(=O)O)[C@H](O)C2)c1F. The van der Waals surface area contributed by atoms with Gasteiger partial charge in [-0.25, -0.2) is 4.39 Å². The second-order valence-corrected chi connectivity index (χ2v) is 5.60. The molecular weight excluding hydrogens is 285 g/mol. The number of nitrogens with zero attached hydrogens (tertiary/aromatic N) is 1. The molecule has 0 aliphatic carbocycles. The van der Waals surface area contributed by atoms with Gasteiger partial charge < -0.3 is 10.2 Å². The molecule has 1 aromatic rings. The summed E-state index contributed by atoms with van der Waals surface area (Å²) < 4.78 is 14.1. The van der Waals surface area contributed by atoms with Crippen molar-refractivity contribution in [2.24, 2.45) is 5.92 Å². The van der Waals surface area contributed by atoms with Crippen LogP contribution in [-0.2, 0) is 11.3 Å². The van der Waals surface area contributed by atoms with Crippen LogP contribution in [0.4, 0.5) is 4.39 Å². The zero-order valence-electron chi connectivity index (χ0n) is 11.1. The smallest absolute Gasteiger partial charge is 0.309 e. The van der Waals surface area contributed by atoms with Crippen molar-refractivity contribution in [2.45, 2.75) is 26.0 Å². The molecule has 20 heavy (non-hydrogen) atoms. The fourth-order valence-electron chi connectivity index (χ4n) is 2.51. The van der Waals surface area contributed by atoms with E-state index in [9.17, 15) is 14.3 Å². The van der Waals surface area contributed by atoms with Crippen molar-refractivity contribution in [1.29, 1.82) is 0 Å². The van der Waals surface area contributed by atoms with Crippen LogP contribution >= 0.6 is 11.6 Å². The van der Waals surface area contributed by atoms with Gasteiger partial charge in [0.25, 0.3) is 0 Å². The normalized spacial score (nSPS) is 23.8. The molecule has 1 aliphatic rings. The number of carboxylic acid groups (broad SMARTS) is 1. The van der Waals surface area contributed by atoms with Gasteiger partial charge in [-0.3, -0.25) is 9.69 Å². The summed E-state index contributed by atoms with van der Waals surface area (Å²) in [5.74, 6) is -2.08. The number of carbonyl (C=O) groups is 1. The molecule has 0 unspecified atom stereocenters.